The smallest absolute Gasteiger partial charge is 0.335 e. The van der Waals surface area contributed by atoms with Gasteiger partial charge < -0.3 is 30.4 Å². The summed E-state index contributed by atoms with van der Waals surface area (Å²) in [4.78, 5) is 40.5. The van der Waals surface area contributed by atoms with Gasteiger partial charge in [0.1, 0.15) is 16.7 Å². The molecule has 318 valence electrons. The maximum absolute atomic E-state index is 13.0. The lowest BCUT2D eigenvalue weighted by Gasteiger charge is -2.27. The van der Waals surface area contributed by atoms with E-state index in [9.17, 15) is 37.7 Å². The van der Waals surface area contributed by atoms with Crippen LogP contribution in [0.25, 0.3) is 0 Å². The van der Waals surface area contributed by atoms with Gasteiger partial charge in [0, 0.05) is 76.6 Å². The Kier molecular flexibility index (Phi) is 13.8. The number of carboxylic acids is 1. The highest BCUT2D eigenvalue weighted by Crippen LogP contribution is 2.49. The van der Waals surface area contributed by atoms with Crippen LogP contribution in [0.5, 0.6) is 0 Å². The fourth-order valence-corrected chi connectivity index (χ4v) is 9.11. The highest BCUT2D eigenvalue weighted by molar-refractivity contribution is 7.94. The molecule has 16 heteroatoms. The van der Waals surface area contributed by atoms with Gasteiger partial charge in [0.05, 0.1) is 27.9 Å². The Balaban J connectivity index is 1.33. The van der Waals surface area contributed by atoms with Crippen LogP contribution < -0.4 is 20.8 Å². The lowest BCUT2D eigenvalue weighted by Crippen LogP contribution is -2.28. The third kappa shape index (κ3) is 10.1. The zero-order chi connectivity index (χ0) is 43.2. The van der Waals surface area contributed by atoms with Crippen molar-refractivity contribution in [3.8, 4) is 0 Å². The molecule has 60 heavy (non-hydrogen) atoms. The Morgan fingerprint density at radius 2 is 1.52 bits per heavy atom. The first-order valence-corrected chi connectivity index (χ1v) is 22.0. The van der Waals surface area contributed by atoms with Crippen LogP contribution in [-0.4, -0.2) is 59.2 Å². The fourth-order valence-electron chi connectivity index (χ4n) is 8.22. The Hall–Kier alpha value is -5.10. The molecule has 3 N–H and O–H groups in total. The molecular weight excluding hydrogens is 809 g/mol. The van der Waals surface area contributed by atoms with E-state index in [2.05, 4.69) is 49.4 Å². The summed E-state index contributed by atoms with van der Waals surface area (Å²) >= 11 is 0.832. The number of carbonyl (C=O) groups excluding carboxylic acids is 2. The number of benzene rings is 3. The van der Waals surface area contributed by atoms with Crippen LogP contribution in [0.1, 0.15) is 101 Å². The molecule has 0 unspecified atom stereocenters. The van der Waals surface area contributed by atoms with E-state index in [-0.39, 0.29) is 46.5 Å². The second kappa shape index (κ2) is 18.7. The first-order valence-electron chi connectivity index (χ1n) is 19.8. The standard InChI is InChI=1S/C44H50N4O10S2/c1-43(2)34-27-32(59-58-57-53)18-20-36(34)47-22-12-6-10-16-40(49)45-30-24-29(42(51)52)25-31(26-30)46-41(50)17-11-7-13-23-48-37-21-19-33(60(54,55)56)28-35(37)44(3,4)39(48)15-9-5-8-14-38(43)47/h5,8-9,14-15,18-21,24-28H,6-7,10-13,16-17,22-23H2,1-4H3,(H4-,45,46,49,50,51,52,53,54,55,56)/p-1. The maximum atomic E-state index is 13.0. The molecular formula is C44H49N4O10S2-. The van der Waals surface area contributed by atoms with Gasteiger partial charge in [0.2, 0.25) is 17.5 Å². The molecule has 0 spiro atoms. The minimum Gasteiger partial charge on any atom is -0.744 e. The number of carbonyl (C=O) groups is 3. The highest BCUT2D eigenvalue weighted by atomic mass is 32.2. The van der Waals surface area contributed by atoms with Crippen LogP contribution in [-0.2, 0) is 39.9 Å². The molecule has 0 atom stereocenters. The summed E-state index contributed by atoms with van der Waals surface area (Å²) in [6, 6.07) is 14.6. The molecule has 0 saturated carbocycles. The van der Waals surface area contributed by atoms with Crippen molar-refractivity contribution in [2.45, 2.75) is 99.7 Å². The summed E-state index contributed by atoms with van der Waals surface area (Å²) in [5, 5.41) is 29.5. The molecule has 3 aliphatic rings. The van der Waals surface area contributed by atoms with Crippen molar-refractivity contribution in [3.63, 3.8) is 0 Å². The molecule has 0 aromatic heterocycles. The van der Waals surface area contributed by atoms with Gasteiger partial charge in [-0.3, -0.25) is 14.6 Å². The summed E-state index contributed by atoms with van der Waals surface area (Å²) in [6.07, 6.45) is 14.4. The van der Waals surface area contributed by atoms with E-state index >= 15 is 0 Å². The lowest BCUT2D eigenvalue weighted by atomic mass is 9.81. The summed E-state index contributed by atoms with van der Waals surface area (Å²) in [5.41, 5.74) is 4.90. The van der Waals surface area contributed by atoms with Crippen LogP contribution in [0.3, 0.4) is 0 Å². The molecule has 0 fully saturated rings. The van der Waals surface area contributed by atoms with Gasteiger partial charge in [-0.25, -0.2) is 13.2 Å². The van der Waals surface area contributed by atoms with Crippen molar-refractivity contribution in [1.82, 2.24) is 0 Å². The largest absolute Gasteiger partial charge is 0.744 e. The molecule has 0 saturated heterocycles. The van der Waals surface area contributed by atoms with Gasteiger partial charge in [-0.2, -0.15) is 8.91 Å². The molecule has 6 rings (SSSR count). The number of carboxylic acid groups (broad SMARTS) is 1. The van der Waals surface area contributed by atoms with E-state index in [0.29, 0.717) is 43.7 Å². The van der Waals surface area contributed by atoms with Gasteiger partial charge in [0.15, 0.2) is 5.71 Å². The Labute approximate surface area is 354 Å². The number of hydrogen-bond acceptors (Lipinski definition) is 11. The average molecular weight is 858 g/mol. The predicted molar refractivity (Wildman–Crippen MR) is 226 cm³/mol. The zero-order valence-electron chi connectivity index (χ0n) is 34.0. The van der Waals surface area contributed by atoms with Crippen molar-refractivity contribution < 1.29 is 51.7 Å². The number of aromatic carboxylic acids is 1. The molecule has 3 aromatic rings. The molecule has 2 bridgehead atoms. The first-order chi connectivity index (χ1) is 28.5. The fraction of sp³-hybridized carbons (Fsp3) is 0.364. The quantitative estimate of drug-likeness (QED) is 0.0756. The van der Waals surface area contributed by atoms with E-state index < -0.39 is 26.9 Å². The molecule has 2 amide bonds. The van der Waals surface area contributed by atoms with Gasteiger partial charge >= 0.3 is 5.97 Å². The Bertz CT molecular complexity index is 2400. The van der Waals surface area contributed by atoms with Crippen LogP contribution >= 0.6 is 12.0 Å². The summed E-state index contributed by atoms with van der Waals surface area (Å²) in [7, 11) is -4.68. The number of nitrogens with zero attached hydrogens (tertiary/aromatic N) is 2. The number of hydrogen-bond donors (Lipinski definition) is 3. The predicted octanol–water partition coefficient (Wildman–Crippen LogP) is 7.40. The summed E-state index contributed by atoms with van der Waals surface area (Å²) in [5.74, 6) is -1.75. The van der Waals surface area contributed by atoms with E-state index in [4.69, 9.17) is 0 Å². The number of anilines is 3. The number of allylic oxidation sites excluding steroid dienone is 6. The van der Waals surface area contributed by atoms with Crippen LogP contribution in [0.4, 0.5) is 22.7 Å². The van der Waals surface area contributed by atoms with Crippen molar-refractivity contribution in [3.05, 3.63) is 107 Å². The molecule has 0 radical (unpaired) electrons. The van der Waals surface area contributed by atoms with Crippen molar-refractivity contribution in [2.75, 3.05) is 28.6 Å². The summed E-state index contributed by atoms with van der Waals surface area (Å²) < 4.78 is 43.0. The monoisotopic (exact) mass is 857 g/mol. The van der Waals surface area contributed by atoms with Crippen LogP contribution in [0.2, 0.25) is 0 Å². The molecule has 3 heterocycles. The second-order valence-electron chi connectivity index (χ2n) is 16.1. The van der Waals surface area contributed by atoms with Gasteiger partial charge in [0.25, 0.3) is 0 Å². The maximum Gasteiger partial charge on any atom is 0.335 e. The molecule has 0 aliphatic carbocycles. The van der Waals surface area contributed by atoms with Crippen molar-refractivity contribution in [2.24, 2.45) is 0 Å². The molecule has 3 aromatic carbocycles. The van der Waals surface area contributed by atoms with Crippen LogP contribution in [0.15, 0.2) is 100 Å². The number of rotatable bonds is 5. The minimum atomic E-state index is -4.68. The van der Waals surface area contributed by atoms with E-state index in [1.165, 1.54) is 24.3 Å². The van der Waals surface area contributed by atoms with Gasteiger partial charge in [-0.1, -0.05) is 38.5 Å². The number of fused-ring (bicyclic) bond motifs is 7. The van der Waals surface area contributed by atoms with Gasteiger partial charge in [-0.15, -0.1) is 0 Å². The summed E-state index contributed by atoms with van der Waals surface area (Å²) in [6.45, 7) is 9.46. The van der Waals surface area contributed by atoms with Crippen molar-refractivity contribution >= 4 is 68.4 Å². The van der Waals surface area contributed by atoms with E-state index in [0.717, 1.165) is 58.8 Å². The Morgan fingerprint density at radius 1 is 0.833 bits per heavy atom. The van der Waals surface area contributed by atoms with Crippen LogP contribution in [0, 0.1) is 0 Å². The molecule has 3 aliphatic heterocycles. The van der Waals surface area contributed by atoms with E-state index in [1.54, 1.807) is 12.1 Å². The normalized spacial score (nSPS) is 20.7. The highest BCUT2D eigenvalue weighted by Gasteiger charge is 2.44. The second-order valence-corrected chi connectivity index (χ2v) is 18.2. The van der Waals surface area contributed by atoms with Gasteiger partial charge in [-0.05, 0) is 99.7 Å². The SMILES string of the molecule is CC1(C)C2=[N+](CCCCCC(=O)Nc3cc(cc(C(=O)O)c3)NC(=O)CCCCCN3/C(=C/C=C/C=C/2)C(C)(C)c2cc(S(=O)(=O)[O-])ccc23)c2ccc(SOO[O-])cc21. The average Bonchev–Trinajstić information content (AvgIpc) is 3.53. The van der Waals surface area contributed by atoms with Crippen molar-refractivity contribution in [1.29, 1.82) is 0 Å². The topological polar surface area (TPSA) is 200 Å². The third-order valence-electron chi connectivity index (χ3n) is 11.2. The lowest BCUT2D eigenvalue weighted by molar-refractivity contribution is -0.777. The number of amides is 2. The minimum absolute atomic E-state index is 0.0735. The zero-order valence-corrected chi connectivity index (χ0v) is 35.6. The Morgan fingerprint density at radius 3 is 2.17 bits per heavy atom. The molecule has 14 nitrogen and oxygen atoms in total. The number of nitrogens with one attached hydrogen (secondary N) is 2. The first kappa shape index (κ1) is 44.5. The third-order valence-corrected chi connectivity index (χ3v) is 12.6. The van der Waals surface area contributed by atoms with E-state index in [1.807, 2.05) is 56.4 Å².